The molecule has 0 saturated heterocycles. The molecule has 0 atom stereocenters. The second kappa shape index (κ2) is 4.93. The van der Waals surface area contributed by atoms with Crippen LogP contribution in [0.15, 0.2) is 18.2 Å². The SMILES string of the molecule is CN(Cc1cc(N)ccc1Cl)CC(F)(F)F. The van der Waals surface area contributed by atoms with Gasteiger partial charge in [0, 0.05) is 17.3 Å². The quantitative estimate of drug-likeness (QED) is 0.838. The van der Waals surface area contributed by atoms with Gasteiger partial charge in [-0.05, 0) is 30.8 Å². The van der Waals surface area contributed by atoms with E-state index in [1.165, 1.54) is 7.05 Å². The Morgan fingerprint density at radius 1 is 1.38 bits per heavy atom. The van der Waals surface area contributed by atoms with E-state index in [-0.39, 0.29) is 6.54 Å². The predicted octanol–water partition coefficient (Wildman–Crippen LogP) is 2.92. The van der Waals surface area contributed by atoms with Gasteiger partial charge in [0.1, 0.15) is 0 Å². The van der Waals surface area contributed by atoms with Gasteiger partial charge in [0.05, 0.1) is 6.54 Å². The van der Waals surface area contributed by atoms with E-state index in [9.17, 15) is 13.2 Å². The second-order valence-electron chi connectivity index (χ2n) is 3.64. The van der Waals surface area contributed by atoms with Gasteiger partial charge in [-0.1, -0.05) is 11.6 Å². The van der Waals surface area contributed by atoms with Crippen molar-refractivity contribution in [3.63, 3.8) is 0 Å². The van der Waals surface area contributed by atoms with Gasteiger partial charge in [0.15, 0.2) is 0 Å². The number of nitrogens with two attached hydrogens (primary N) is 1. The first-order valence-electron chi connectivity index (χ1n) is 4.57. The molecule has 16 heavy (non-hydrogen) atoms. The van der Waals surface area contributed by atoms with Gasteiger partial charge < -0.3 is 5.73 Å². The Morgan fingerprint density at radius 2 is 2.00 bits per heavy atom. The molecule has 0 fully saturated rings. The van der Waals surface area contributed by atoms with Crippen LogP contribution in [0.5, 0.6) is 0 Å². The van der Waals surface area contributed by atoms with E-state index in [2.05, 4.69) is 0 Å². The van der Waals surface area contributed by atoms with Crippen molar-refractivity contribution < 1.29 is 13.2 Å². The zero-order valence-electron chi connectivity index (χ0n) is 8.68. The lowest BCUT2D eigenvalue weighted by atomic mass is 10.2. The van der Waals surface area contributed by atoms with E-state index in [0.717, 1.165) is 4.90 Å². The summed E-state index contributed by atoms with van der Waals surface area (Å²) in [6.07, 6.45) is -4.21. The molecule has 1 aromatic rings. The average molecular weight is 253 g/mol. The minimum Gasteiger partial charge on any atom is -0.399 e. The van der Waals surface area contributed by atoms with E-state index in [1.807, 2.05) is 0 Å². The van der Waals surface area contributed by atoms with Gasteiger partial charge in [0.2, 0.25) is 0 Å². The molecule has 0 amide bonds. The lowest BCUT2D eigenvalue weighted by Crippen LogP contribution is -2.30. The van der Waals surface area contributed by atoms with Gasteiger partial charge >= 0.3 is 6.18 Å². The number of benzene rings is 1. The lowest BCUT2D eigenvalue weighted by molar-refractivity contribution is -0.144. The number of nitrogens with zero attached hydrogens (tertiary/aromatic N) is 1. The van der Waals surface area contributed by atoms with Crippen LogP contribution in [0, 0.1) is 0 Å². The molecular formula is C10H12ClF3N2. The van der Waals surface area contributed by atoms with Crippen molar-refractivity contribution >= 4 is 17.3 Å². The van der Waals surface area contributed by atoms with Crippen LogP contribution in [0.2, 0.25) is 5.02 Å². The lowest BCUT2D eigenvalue weighted by Gasteiger charge is -2.19. The summed E-state index contributed by atoms with van der Waals surface area (Å²) in [7, 11) is 1.38. The maximum Gasteiger partial charge on any atom is 0.401 e. The van der Waals surface area contributed by atoms with Crippen molar-refractivity contribution in [1.29, 1.82) is 0 Å². The number of alkyl halides is 3. The molecule has 90 valence electrons. The largest absolute Gasteiger partial charge is 0.401 e. The third kappa shape index (κ3) is 4.28. The van der Waals surface area contributed by atoms with E-state index < -0.39 is 12.7 Å². The molecule has 6 heteroatoms. The van der Waals surface area contributed by atoms with E-state index in [4.69, 9.17) is 17.3 Å². The van der Waals surface area contributed by atoms with Gasteiger partial charge in [-0.25, -0.2) is 0 Å². The minimum atomic E-state index is -4.21. The fourth-order valence-electron chi connectivity index (χ4n) is 1.37. The summed E-state index contributed by atoms with van der Waals surface area (Å²) >= 11 is 5.85. The molecule has 0 radical (unpaired) electrons. The van der Waals surface area contributed by atoms with Crippen LogP contribution in [0.25, 0.3) is 0 Å². The van der Waals surface area contributed by atoms with Gasteiger partial charge in [0.25, 0.3) is 0 Å². The van der Waals surface area contributed by atoms with E-state index in [0.29, 0.717) is 16.3 Å². The van der Waals surface area contributed by atoms with Crippen molar-refractivity contribution in [1.82, 2.24) is 4.90 Å². The zero-order valence-corrected chi connectivity index (χ0v) is 9.44. The molecule has 0 heterocycles. The molecule has 0 aromatic heterocycles. The normalized spacial score (nSPS) is 12.1. The van der Waals surface area contributed by atoms with Gasteiger partial charge in [-0.2, -0.15) is 13.2 Å². The third-order valence-corrected chi connectivity index (χ3v) is 2.33. The minimum absolute atomic E-state index is 0.114. The summed E-state index contributed by atoms with van der Waals surface area (Å²) in [5, 5.41) is 0.420. The summed E-state index contributed by atoms with van der Waals surface area (Å²) < 4.78 is 36.3. The molecule has 0 saturated carbocycles. The van der Waals surface area contributed by atoms with Crippen LogP contribution in [0.4, 0.5) is 18.9 Å². The Balaban J connectivity index is 2.69. The molecule has 0 bridgehead atoms. The molecule has 0 aliphatic carbocycles. The molecule has 2 N–H and O–H groups in total. The van der Waals surface area contributed by atoms with Crippen molar-refractivity contribution in [2.24, 2.45) is 0 Å². The van der Waals surface area contributed by atoms with Crippen LogP contribution in [0.1, 0.15) is 5.56 Å². The first-order chi connectivity index (χ1) is 7.28. The topological polar surface area (TPSA) is 29.3 Å². The zero-order chi connectivity index (χ0) is 12.3. The molecular weight excluding hydrogens is 241 g/mol. The highest BCUT2D eigenvalue weighted by atomic mass is 35.5. The molecule has 0 unspecified atom stereocenters. The molecule has 1 rings (SSSR count). The highest BCUT2D eigenvalue weighted by Crippen LogP contribution is 2.22. The summed E-state index contributed by atoms with van der Waals surface area (Å²) in [6.45, 7) is -0.860. The van der Waals surface area contributed by atoms with Crippen molar-refractivity contribution in [2.45, 2.75) is 12.7 Å². The number of hydrogen-bond donors (Lipinski definition) is 1. The maximum atomic E-state index is 12.1. The smallest absolute Gasteiger partial charge is 0.399 e. The predicted molar refractivity (Wildman–Crippen MR) is 58.3 cm³/mol. The Bertz CT molecular complexity index is 366. The summed E-state index contributed by atoms with van der Waals surface area (Å²) in [4.78, 5) is 1.14. The Morgan fingerprint density at radius 3 is 2.56 bits per heavy atom. The number of anilines is 1. The van der Waals surface area contributed by atoms with Crippen LogP contribution in [-0.4, -0.2) is 24.7 Å². The molecule has 2 nitrogen and oxygen atoms in total. The van der Waals surface area contributed by atoms with Crippen LogP contribution in [0.3, 0.4) is 0 Å². The number of halogens is 4. The fourth-order valence-corrected chi connectivity index (χ4v) is 1.55. The molecule has 1 aromatic carbocycles. The maximum absolute atomic E-state index is 12.1. The summed E-state index contributed by atoms with van der Waals surface area (Å²) in [5.41, 5.74) is 6.61. The summed E-state index contributed by atoms with van der Waals surface area (Å²) in [6, 6.07) is 4.76. The average Bonchev–Trinajstić information content (AvgIpc) is 2.08. The van der Waals surface area contributed by atoms with Gasteiger partial charge in [-0.3, -0.25) is 4.90 Å². The Kier molecular flexibility index (Phi) is 4.04. The van der Waals surface area contributed by atoms with Crippen LogP contribution < -0.4 is 5.73 Å². The fraction of sp³-hybridized carbons (Fsp3) is 0.400. The van der Waals surface area contributed by atoms with Gasteiger partial charge in [-0.15, -0.1) is 0 Å². The van der Waals surface area contributed by atoms with E-state index in [1.54, 1.807) is 18.2 Å². The molecule has 0 aliphatic rings. The monoisotopic (exact) mass is 252 g/mol. The first-order valence-corrected chi connectivity index (χ1v) is 4.95. The number of nitrogen functional groups attached to an aromatic ring is 1. The third-order valence-electron chi connectivity index (χ3n) is 1.96. The summed E-state index contributed by atoms with van der Waals surface area (Å²) in [5.74, 6) is 0. The first kappa shape index (κ1) is 13.1. The Labute approximate surface area is 96.8 Å². The number of hydrogen-bond acceptors (Lipinski definition) is 2. The molecule has 0 aliphatic heterocycles. The standard InChI is InChI=1S/C10H12ClF3N2/c1-16(6-10(12,13)14)5-7-4-8(15)2-3-9(7)11/h2-4H,5-6,15H2,1H3. The van der Waals surface area contributed by atoms with Crippen molar-refractivity contribution in [2.75, 3.05) is 19.3 Å². The van der Waals surface area contributed by atoms with Crippen molar-refractivity contribution in [3.05, 3.63) is 28.8 Å². The van der Waals surface area contributed by atoms with E-state index >= 15 is 0 Å². The van der Waals surface area contributed by atoms with Crippen LogP contribution >= 0.6 is 11.6 Å². The highest BCUT2D eigenvalue weighted by molar-refractivity contribution is 6.31. The van der Waals surface area contributed by atoms with Crippen LogP contribution in [-0.2, 0) is 6.54 Å². The second-order valence-corrected chi connectivity index (χ2v) is 4.05. The highest BCUT2D eigenvalue weighted by Gasteiger charge is 2.29. The number of rotatable bonds is 3. The Hall–Kier alpha value is -0.940. The molecule has 0 spiro atoms. The van der Waals surface area contributed by atoms with Crippen molar-refractivity contribution in [3.8, 4) is 0 Å².